The number of likely N-dealkylation sites (tertiary alicyclic amines) is 1. The number of hydrogen-bond donors (Lipinski definition) is 2. The minimum atomic E-state index is -1.07. The monoisotopic (exact) mass is 429 g/mol. The topological polar surface area (TPSA) is 95.9 Å². The number of nitrogens with zero attached hydrogens (tertiary/aromatic N) is 1. The number of carbonyl (C=O) groups excluding carboxylic acids is 2. The SMILES string of the molecule is C=CCC(NC(=O)OC(C)(C)C)C(=O)N1CC([CH2-])CC1C(=O)O.[CH3-].[Y]. The molecule has 1 saturated heterocycles. The van der Waals surface area contributed by atoms with E-state index in [2.05, 4.69) is 18.8 Å². The summed E-state index contributed by atoms with van der Waals surface area (Å²) in [6.45, 7) is 12.8. The predicted octanol–water partition coefficient (Wildman–Crippen LogP) is 2.04. The molecule has 1 fully saturated rings. The van der Waals surface area contributed by atoms with Gasteiger partial charge in [-0.2, -0.15) is 0 Å². The van der Waals surface area contributed by atoms with Gasteiger partial charge in [0.2, 0.25) is 5.91 Å². The molecule has 8 heteroatoms. The van der Waals surface area contributed by atoms with Gasteiger partial charge in [-0.15, -0.1) is 12.5 Å². The van der Waals surface area contributed by atoms with E-state index in [1.165, 1.54) is 11.0 Å². The fraction of sp³-hybridized carbons (Fsp3) is 0.588. The predicted molar refractivity (Wildman–Crippen MR) is 91.0 cm³/mol. The molecule has 25 heavy (non-hydrogen) atoms. The molecular weight excluding hydrogens is 401 g/mol. The molecule has 1 aliphatic heterocycles. The Kier molecular flexibility index (Phi) is 11.5. The van der Waals surface area contributed by atoms with Crippen molar-refractivity contribution in [3.05, 3.63) is 27.0 Å². The van der Waals surface area contributed by atoms with Gasteiger partial charge in [0.15, 0.2) is 0 Å². The van der Waals surface area contributed by atoms with E-state index in [9.17, 15) is 19.5 Å². The van der Waals surface area contributed by atoms with E-state index in [0.29, 0.717) is 6.42 Å². The van der Waals surface area contributed by atoms with Crippen molar-refractivity contribution < 1.29 is 56.9 Å². The van der Waals surface area contributed by atoms with Crippen LogP contribution in [0.3, 0.4) is 0 Å². The number of ether oxygens (including phenoxy) is 1. The maximum atomic E-state index is 12.6. The molecule has 3 atom stereocenters. The Morgan fingerprint density at radius 3 is 2.44 bits per heavy atom. The van der Waals surface area contributed by atoms with Crippen LogP contribution in [0.25, 0.3) is 0 Å². The Labute approximate surface area is 175 Å². The molecule has 7 nitrogen and oxygen atoms in total. The Morgan fingerprint density at radius 2 is 2.00 bits per heavy atom. The Bertz CT molecular complexity index is 490. The summed E-state index contributed by atoms with van der Waals surface area (Å²) in [5.74, 6) is -1.68. The van der Waals surface area contributed by atoms with Crippen molar-refractivity contribution in [2.45, 2.75) is 51.3 Å². The minimum Gasteiger partial charge on any atom is -0.480 e. The first-order chi connectivity index (χ1) is 10.5. The van der Waals surface area contributed by atoms with E-state index in [0.717, 1.165) is 0 Å². The van der Waals surface area contributed by atoms with E-state index < -0.39 is 35.7 Å². The van der Waals surface area contributed by atoms with Gasteiger partial charge >= 0.3 is 12.1 Å². The number of rotatable bonds is 5. The van der Waals surface area contributed by atoms with Crippen LogP contribution >= 0.6 is 0 Å². The smallest absolute Gasteiger partial charge is 0.408 e. The fourth-order valence-corrected chi connectivity index (χ4v) is 2.44. The fourth-order valence-electron chi connectivity index (χ4n) is 2.44. The largest absolute Gasteiger partial charge is 0.480 e. The molecule has 0 aliphatic carbocycles. The number of hydrogen-bond acceptors (Lipinski definition) is 4. The molecule has 0 bridgehead atoms. The molecule has 1 aliphatic rings. The van der Waals surface area contributed by atoms with E-state index in [1.54, 1.807) is 20.8 Å². The number of amides is 2. The van der Waals surface area contributed by atoms with Gasteiger partial charge in [0.25, 0.3) is 0 Å². The third-order valence-corrected chi connectivity index (χ3v) is 3.35. The van der Waals surface area contributed by atoms with Crippen LogP contribution in [-0.2, 0) is 47.0 Å². The van der Waals surface area contributed by atoms with Crippen LogP contribution in [0.1, 0.15) is 33.6 Å². The van der Waals surface area contributed by atoms with Gasteiger partial charge in [0.05, 0.1) is 0 Å². The van der Waals surface area contributed by atoms with Crippen molar-refractivity contribution in [3.8, 4) is 0 Å². The molecule has 2 N–H and O–H groups in total. The van der Waals surface area contributed by atoms with E-state index >= 15 is 0 Å². The molecule has 0 aromatic rings. The molecule has 2 amide bonds. The number of carboxylic acid groups (broad SMARTS) is 1. The van der Waals surface area contributed by atoms with Crippen LogP contribution in [0.15, 0.2) is 12.7 Å². The summed E-state index contributed by atoms with van der Waals surface area (Å²) < 4.78 is 5.14. The second-order valence-electron chi connectivity index (χ2n) is 6.67. The molecule has 0 aromatic carbocycles. The average molecular weight is 429 g/mol. The van der Waals surface area contributed by atoms with Gasteiger partial charge in [-0.25, -0.2) is 9.59 Å². The standard InChI is InChI=1S/C16H25N2O5.CH3.Y/c1-6-7-11(17-15(22)23-16(3,4)5)13(19)18-9-10(2)8-12(18)14(20)21;;/h6,10-12H,1-2,7-9H2,3-5H3,(H,17,22)(H,20,21);1H3;/q2*-1;. The average Bonchev–Trinajstić information content (AvgIpc) is 2.77. The molecule has 0 spiro atoms. The van der Waals surface area contributed by atoms with E-state index in [1.807, 2.05) is 0 Å². The van der Waals surface area contributed by atoms with E-state index in [4.69, 9.17) is 4.74 Å². The summed E-state index contributed by atoms with van der Waals surface area (Å²) in [7, 11) is 0. The minimum absolute atomic E-state index is 0. The third-order valence-electron chi connectivity index (χ3n) is 3.35. The Hall–Kier alpha value is -0.946. The second-order valence-corrected chi connectivity index (χ2v) is 6.67. The number of alkyl carbamates (subject to hydrolysis) is 1. The molecule has 141 valence electrons. The molecule has 1 rings (SSSR count). The van der Waals surface area contributed by atoms with Gasteiger partial charge in [-0.3, -0.25) is 4.79 Å². The van der Waals surface area contributed by atoms with Crippen molar-refractivity contribution in [3.63, 3.8) is 0 Å². The Morgan fingerprint density at radius 1 is 1.44 bits per heavy atom. The summed E-state index contributed by atoms with van der Waals surface area (Å²) in [5, 5.41) is 11.7. The number of carboxylic acids is 1. The first-order valence-electron chi connectivity index (χ1n) is 7.52. The quantitative estimate of drug-likeness (QED) is 0.515. The van der Waals surface area contributed by atoms with Crippen LogP contribution in [0, 0.1) is 20.3 Å². The number of nitrogens with one attached hydrogen (secondary N) is 1. The zero-order valence-corrected chi connectivity index (χ0v) is 18.3. The van der Waals surface area contributed by atoms with Crippen molar-refractivity contribution in [2.75, 3.05) is 6.54 Å². The van der Waals surface area contributed by atoms with Crippen LogP contribution < -0.4 is 5.32 Å². The van der Waals surface area contributed by atoms with Gasteiger partial charge in [-0.05, 0) is 40.2 Å². The molecule has 3 unspecified atom stereocenters. The summed E-state index contributed by atoms with van der Waals surface area (Å²) in [6, 6.07) is -1.83. The van der Waals surface area contributed by atoms with Crippen LogP contribution in [0.2, 0.25) is 0 Å². The van der Waals surface area contributed by atoms with Gasteiger partial charge in [0, 0.05) is 32.7 Å². The molecule has 0 saturated carbocycles. The molecule has 1 heterocycles. The normalized spacial score (nSPS) is 20.6. The van der Waals surface area contributed by atoms with Crippen LogP contribution in [0.4, 0.5) is 4.79 Å². The maximum Gasteiger partial charge on any atom is 0.408 e. The molecule has 0 aromatic heterocycles. The second kappa shape index (κ2) is 10.9. The van der Waals surface area contributed by atoms with Crippen LogP contribution in [0.5, 0.6) is 0 Å². The summed E-state index contributed by atoms with van der Waals surface area (Å²) in [5.41, 5.74) is -0.693. The third kappa shape index (κ3) is 8.32. The molecular formula is C17H28N2O5Y-2. The van der Waals surface area contributed by atoms with E-state index in [-0.39, 0.29) is 59.0 Å². The van der Waals surface area contributed by atoms with Crippen molar-refractivity contribution in [1.29, 1.82) is 0 Å². The van der Waals surface area contributed by atoms with Crippen LogP contribution in [-0.4, -0.2) is 52.2 Å². The Balaban J connectivity index is 0. The van der Waals surface area contributed by atoms with Crippen molar-refractivity contribution in [2.24, 2.45) is 5.92 Å². The number of carbonyl (C=O) groups is 3. The maximum absolute atomic E-state index is 12.6. The van der Waals surface area contributed by atoms with Crippen molar-refractivity contribution >= 4 is 18.0 Å². The first kappa shape index (κ1) is 26.3. The molecule has 1 radical (unpaired) electrons. The summed E-state index contributed by atoms with van der Waals surface area (Å²) in [6.07, 6.45) is 1.25. The zero-order chi connectivity index (χ0) is 17.8. The summed E-state index contributed by atoms with van der Waals surface area (Å²) in [4.78, 5) is 37.0. The number of aliphatic carboxylic acids is 1. The van der Waals surface area contributed by atoms with Gasteiger partial charge in [-0.1, -0.05) is 6.08 Å². The van der Waals surface area contributed by atoms with Gasteiger partial charge in [0.1, 0.15) is 17.7 Å². The van der Waals surface area contributed by atoms with Gasteiger partial charge < -0.3 is 34.4 Å². The van der Waals surface area contributed by atoms with Crippen molar-refractivity contribution in [1.82, 2.24) is 10.2 Å². The summed E-state index contributed by atoms with van der Waals surface area (Å²) >= 11 is 0. The zero-order valence-electron chi connectivity index (χ0n) is 15.4. The first-order valence-corrected chi connectivity index (χ1v) is 7.52.